The van der Waals surface area contributed by atoms with Gasteiger partial charge >= 0.3 is 5.97 Å². The molecule has 0 heterocycles. The number of esters is 1. The van der Waals surface area contributed by atoms with E-state index in [1.807, 2.05) is 68.4 Å². The summed E-state index contributed by atoms with van der Waals surface area (Å²) in [6.45, 7) is 9.38. The fraction of sp³-hybridized carbons (Fsp3) is 0.174. The van der Waals surface area contributed by atoms with E-state index in [0.717, 1.165) is 33.4 Å². The molecule has 0 unspecified atom stereocenters. The first-order valence-electron chi connectivity index (χ1n) is 8.66. The lowest BCUT2D eigenvalue weighted by Crippen LogP contribution is -2.10. The maximum atomic E-state index is 12.1. The standard InChI is InChI=1S/C23H22O3/c1-5-17-14-21(25-18-9-7-6-8-10-18)20-13-16(4)11-12-19(20)22(17)26-23(24)15(2)3/h6-14H,2,5H2,1,3-4H3. The number of rotatable bonds is 5. The summed E-state index contributed by atoms with van der Waals surface area (Å²) in [7, 11) is 0. The summed E-state index contributed by atoms with van der Waals surface area (Å²) in [5.74, 6) is 1.68. The summed E-state index contributed by atoms with van der Waals surface area (Å²) in [6, 6.07) is 17.6. The average Bonchev–Trinajstić information content (AvgIpc) is 2.64. The molecular weight excluding hydrogens is 324 g/mol. The summed E-state index contributed by atoms with van der Waals surface area (Å²) < 4.78 is 11.8. The molecule has 0 atom stereocenters. The van der Waals surface area contributed by atoms with Crippen molar-refractivity contribution < 1.29 is 14.3 Å². The van der Waals surface area contributed by atoms with Crippen molar-refractivity contribution in [2.75, 3.05) is 0 Å². The van der Waals surface area contributed by atoms with Crippen molar-refractivity contribution in [2.45, 2.75) is 27.2 Å². The summed E-state index contributed by atoms with van der Waals surface area (Å²) in [5.41, 5.74) is 2.40. The number of ether oxygens (including phenoxy) is 2. The van der Waals surface area contributed by atoms with E-state index in [1.54, 1.807) is 6.92 Å². The number of hydrogen-bond donors (Lipinski definition) is 0. The Hall–Kier alpha value is -3.07. The number of hydrogen-bond acceptors (Lipinski definition) is 3. The van der Waals surface area contributed by atoms with Gasteiger partial charge in [-0.2, -0.15) is 0 Å². The van der Waals surface area contributed by atoms with Crippen LogP contribution < -0.4 is 9.47 Å². The first-order valence-corrected chi connectivity index (χ1v) is 8.66. The minimum Gasteiger partial charge on any atom is -0.457 e. The molecule has 0 saturated carbocycles. The first-order chi connectivity index (χ1) is 12.5. The second-order valence-corrected chi connectivity index (χ2v) is 6.35. The Morgan fingerprint density at radius 1 is 1.04 bits per heavy atom. The van der Waals surface area contributed by atoms with Gasteiger partial charge < -0.3 is 9.47 Å². The molecule has 0 aromatic heterocycles. The number of carbonyl (C=O) groups is 1. The number of carbonyl (C=O) groups excluding carboxylic acids is 1. The van der Waals surface area contributed by atoms with Gasteiger partial charge in [0.2, 0.25) is 0 Å². The highest BCUT2D eigenvalue weighted by Crippen LogP contribution is 2.39. The number of benzene rings is 3. The Morgan fingerprint density at radius 2 is 1.77 bits per heavy atom. The molecule has 0 radical (unpaired) electrons. The van der Waals surface area contributed by atoms with Gasteiger partial charge in [0.1, 0.15) is 17.2 Å². The molecule has 0 fully saturated rings. The third-order valence-electron chi connectivity index (χ3n) is 4.18. The topological polar surface area (TPSA) is 35.5 Å². The summed E-state index contributed by atoms with van der Waals surface area (Å²) >= 11 is 0. The average molecular weight is 346 g/mol. The van der Waals surface area contributed by atoms with Crippen LogP contribution in [0.3, 0.4) is 0 Å². The zero-order valence-electron chi connectivity index (χ0n) is 15.3. The molecule has 3 nitrogen and oxygen atoms in total. The second kappa shape index (κ2) is 7.44. The van der Waals surface area contributed by atoms with E-state index < -0.39 is 5.97 Å². The van der Waals surface area contributed by atoms with E-state index in [-0.39, 0.29) is 0 Å². The predicted molar refractivity (Wildman–Crippen MR) is 105 cm³/mol. The SMILES string of the molecule is C=C(C)C(=O)Oc1c(CC)cc(Oc2ccccc2)c2cc(C)ccc12. The molecule has 0 aliphatic heterocycles. The summed E-state index contributed by atoms with van der Waals surface area (Å²) in [6.07, 6.45) is 0.716. The van der Waals surface area contributed by atoms with Gasteiger partial charge in [-0.1, -0.05) is 49.4 Å². The monoisotopic (exact) mass is 346 g/mol. The summed E-state index contributed by atoms with van der Waals surface area (Å²) in [4.78, 5) is 12.1. The van der Waals surface area contributed by atoms with Crippen LogP contribution in [0.1, 0.15) is 25.0 Å². The molecule has 0 aliphatic rings. The van der Waals surface area contributed by atoms with Crippen LogP contribution in [0.5, 0.6) is 17.2 Å². The van der Waals surface area contributed by atoms with Crippen LogP contribution in [-0.2, 0) is 11.2 Å². The number of aryl methyl sites for hydroxylation is 2. The fourth-order valence-electron chi connectivity index (χ4n) is 2.80. The molecule has 3 aromatic rings. The predicted octanol–water partition coefficient (Wildman–Crippen LogP) is 5.98. The molecule has 3 rings (SSSR count). The maximum Gasteiger partial charge on any atom is 0.338 e. The highest BCUT2D eigenvalue weighted by Gasteiger charge is 2.17. The Kier molecular flexibility index (Phi) is 5.08. The van der Waals surface area contributed by atoms with Crippen molar-refractivity contribution in [3.8, 4) is 17.2 Å². The van der Waals surface area contributed by atoms with Gasteiger partial charge in [-0.15, -0.1) is 0 Å². The normalized spacial score (nSPS) is 10.6. The zero-order valence-corrected chi connectivity index (χ0v) is 15.3. The second-order valence-electron chi connectivity index (χ2n) is 6.35. The van der Waals surface area contributed by atoms with Crippen LogP contribution >= 0.6 is 0 Å². The molecule has 3 heteroatoms. The van der Waals surface area contributed by atoms with Crippen LogP contribution in [0.2, 0.25) is 0 Å². The minimum absolute atomic E-state index is 0.372. The van der Waals surface area contributed by atoms with E-state index in [1.165, 1.54) is 0 Å². The first kappa shape index (κ1) is 17.7. The molecule has 0 bridgehead atoms. The lowest BCUT2D eigenvalue weighted by Gasteiger charge is -2.17. The molecule has 0 N–H and O–H groups in total. The van der Waals surface area contributed by atoms with Crippen LogP contribution in [0, 0.1) is 6.92 Å². The maximum absolute atomic E-state index is 12.1. The number of fused-ring (bicyclic) bond motifs is 1. The fourth-order valence-corrected chi connectivity index (χ4v) is 2.80. The van der Waals surface area contributed by atoms with Gasteiger partial charge in [0.05, 0.1) is 0 Å². The number of para-hydroxylation sites is 1. The largest absolute Gasteiger partial charge is 0.457 e. The van der Waals surface area contributed by atoms with Gasteiger partial charge in [-0.25, -0.2) is 4.79 Å². The van der Waals surface area contributed by atoms with E-state index in [9.17, 15) is 4.79 Å². The van der Waals surface area contributed by atoms with Crippen LogP contribution in [0.15, 0.2) is 66.7 Å². The Balaban J connectivity index is 2.18. The zero-order chi connectivity index (χ0) is 18.7. The van der Waals surface area contributed by atoms with Crippen molar-refractivity contribution in [3.05, 3.63) is 77.9 Å². The van der Waals surface area contributed by atoms with Crippen molar-refractivity contribution >= 4 is 16.7 Å². The van der Waals surface area contributed by atoms with Gasteiger partial charge in [0.25, 0.3) is 0 Å². The minimum atomic E-state index is -0.418. The quantitative estimate of drug-likeness (QED) is 0.324. The molecule has 0 aliphatic carbocycles. The van der Waals surface area contributed by atoms with Crippen molar-refractivity contribution in [3.63, 3.8) is 0 Å². The van der Waals surface area contributed by atoms with E-state index in [4.69, 9.17) is 9.47 Å². The summed E-state index contributed by atoms with van der Waals surface area (Å²) in [5, 5.41) is 1.77. The van der Waals surface area contributed by atoms with Crippen LogP contribution in [0.25, 0.3) is 10.8 Å². The van der Waals surface area contributed by atoms with Crippen molar-refractivity contribution in [1.82, 2.24) is 0 Å². The molecule has 3 aromatic carbocycles. The van der Waals surface area contributed by atoms with Crippen LogP contribution in [-0.4, -0.2) is 5.97 Å². The Bertz CT molecular complexity index is 972. The third-order valence-corrected chi connectivity index (χ3v) is 4.18. The van der Waals surface area contributed by atoms with Crippen molar-refractivity contribution in [1.29, 1.82) is 0 Å². The molecule has 132 valence electrons. The van der Waals surface area contributed by atoms with Crippen molar-refractivity contribution in [2.24, 2.45) is 0 Å². The van der Waals surface area contributed by atoms with E-state index in [2.05, 4.69) is 6.58 Å². The third kappa shape index (κ3) is 3.62. The van der Waals surface area contributed by atoms with Gasteiger partial charge in [0.15, 0.2) is 0 Å². The van der Waals surface area contributed by atoms with E-state index in [0.29, 0.717) is 17.7 Å². The van der Waals surface area contributed by atoms with Gasteiger partial charge in [-0.05, 0) is 50.1 Å². The highest BCUT2D eigenvalue weighted by atomic mass is 16.5. The lowest BCUT2D eigenvalue weighted by molar-refractivity contribution is -0.130. The molecule has 0 amide bonds. The van der Waals surface area contributed by atoms with E-state index >= 15 is 0 Å². The smallest absolute Gasteiger partial charge is 0.338 e. The van der Waals surface area contributed by atoms with Gasteiger partial charge in [0, 0.05) is 16.3 Å². The molecular formula is C23H22O3. The molecule has 0 saturated heterocycles. The Labute approximate surface area is 153 Å². The Morgan fingerprint density at radius 3 is 2.42 bits per heavy atom. The van der Waals surface area contributed by atoms with Gasteiger partial charge in [-0.3, -0.25) is 0 Å². The molecule has 26 heavy (non-hydrogen) atoms. The molecule has 0 spiro atoms. The highest BCUT2D eigenvalue weighted by molar-refractivity contribution is 5.98. The lowest BCUT2D eigenvalue weighted by atomic mass is 10.0. The van der Waals surface area contributed by atoms with Crippen LogP contribution in [0.4, 0.5) is 0 Å².